The lowest BCUT2D eigenvalue weighted by Crippen LogP contribution is -2.53. The molecule has 1 aromatic heterocycles. The van der Waals surface area contributed by atoms with E-state index in [4.69, 9.17) is 0 Å². The molecule has 3 rings (SSSR count). The Bertz CT molecular complexity index is 732. The number of fused-ring (bicyclic) bond motifs is 1. The van der Waals surface area contributed by atoms with Crippen LogP contribution in [0, 0.1) is 11.3 Å². The van der Waals surface area contributed by atoms with Crippen molar-refractivity contribution in [2.75, 3.05) is 20.6 Å². The first-order valence-corrected chi connectivity index (χ1v) is 9.61. The molecule has 8 nitrogen and oxygen atoms in total. The normalized spacial score (nSPS) is 19.9. The van der Waals surface area contributed by atoms with Crippen LogP contribution >= 0.6 is 0 Å². The average Bonchev–Trinajstić information content (AvgIpc) is 3.38. The van der Waals surface area contributed by atoms with Gasteiger partial charge in [0.05, 0.1) is 5.69 Å². The average molecular weight is 377 g/mol. The minimum atomic E-state index is -0.675. The van der Waals surface area contributed by atoms with Crippen molar-refractivity contribution in [3.05, 3.63) is 17.2 Å². The molecule has 2 atom stereocenters. The molecular weight excluding hydrogens is 346 g/mol. The number of nitrogens with zero attached hydrogens (tertiary/aromatic N) is 3. The molecule has 8 heteroatoms. The maximum absolute atomic E-state index is 13.1. The van der Waals surface area contributed by atoms with Gasteiger partial charge in [0.2, 0.25) is 5.91 Å². The molecule has 1 aromatic rings. The van der Waals surface area contributed by atoms with Gasteiger partial charge >= 0.3 is 0 Å². The summed E-state index contributed by atoms with van der Waals surface area (Å²) in [6, 6.07) is -0.675. The summed E-state index contributed by atoms with van der Waals surface area (Å²) < 4.78 is 1.99. The number of carbonyl (C=O) groups is 2. The molecule has 0 radical (unpaired) electrons. The minimum absolute atomic E-state index is 0.236. The molecule has 1 aliphatic heterocycles. The van der Waals surface area contributed by atoms with Gasteiger partial charge in [0, 0.05) is 26.7 Å². The molecule has 0 bridgehead atoms. The number of nitrogens with one attached hydrogen (secondary N) is 2. The number of likely N-dealkylation sites (N-methyl/N-ethyl adjacent to an activating group) is 2. The topological polar surface area (TPSA) is 99.5 Å². The highest BCUT2D eigenvalue weighted by Crippen LogP contribution is 2.41. The van der Waals surface area contributed by atoms with Crippen molar-refractivity contribution in [3.8, 4) is 0 Å². The van der Waals surface area contributed by atoms with Crippen LogP contribution in [0.4, 0.5) is 0 Å². The zero-order valence-electron chi connectivity index (χ0n) is 16.9. The Labute approximate surface area is 160 Å². The highest BCUT2D eigenvalue weighted by atomic mass is 16.3. The Morgan fingerprint density at radius 1 is 1.26 bits per heavy atom. The number of aliphatic hydroxyl groups excluding tert-OH is 1. The van der Waals surface area contributed by atoms with E-state index in [-0.39, 0.29) is 17.7 Å². The summed E-state index contributed by atoms with van der Waals surface area (Å²) in [4.78, 5) is 32.0. The maximum atomic E-state index is 13.1. The van der Waals surface area contributed by atoms with Crippen LogP contribution in [0.2, 0.25) is 0 Å². The number of aliphatic hydroxyl groups is 1. The maximum Gasteiger partial charge on any atom is 0.272 e. The molecule has 1 aliphatic carbocycles. The fourth-order valence-electron chi connectivity index (χ4n) is 3.57. The van der Waals surface area contributed by atoms with E-state index in [1.54, 1.807) is 7.05 Å². The quantitative estimate of drug-likeness (QED) is 0.700. The van der Waals surface area contributed by atoms with Gasteiger partial charge in [0.1, 0.15) is 18.0 Å². The van der Waals surface area contributed by atoms with Crippen LogP contribution in [-0.2, 0) is 17.9 Å². The molecule has 0 spiro atoms. The molecule has 2 heterocycles. The number of hydrogen-bond acceptors (Lipinski definition) is 5. The summed E-state index contributed by atoms with van der Waals surface area (Å²) >= 11 is 0. The van der Waals surface area contributed by atoms with Crippen molar-refractivity contribution in [2.45, 2.75) is 58.8 Å². The molecule has 1 saturated carbocycles. The Balaban J connectivity index is 1.93. The van der Waals surface area contributed by atoms with Crippen LogP contribution < -0.4 is 10.6 Å². The van der Waals surface area contributed by atoms with Crippen molar-refractivity contribution < 1.29 is 14.7 Å². The molecule has 27 heavy (non-hydrogen) atoms. The number of hydrogen-bond donors (Lipinski definition) is 3. The van der Waals surface area contributed by atoms with Gasteiger partial charge in [-0.2, -0.15) is 0 Å². The van der Waals surface area contributed by atoms with Gasteiger partial charge in [-0.05, 0) is 31.2 Å². The number of imidazole rings is 1. The lowest BCUT2D eigenvalue weighted by Gasteiger charge is -2.30. The molecule has 1 fully saturated rings. The Kier molecular flexibility index (Phi) is 5.31. The third-order valence-corrected chi connectivity index (χ3v) is 5.43. The number of carbonyl (C=O) groups excluding carboxylic acids is 2. The molecule has 150 valence electrons. The summed E-state index contributed by atoms with van der Waals surface area (Å²) in [5, 5.41) is 16.1. The summed E-state index contributed by atoms with van der Waals surface area (Å²) in [5.74, 6) is 0.212. The first-order chi connectivity index (χ1) is 12.6. The predicted octanol–water partition coefficient (Wildman–Crippen LogP) is 0.662. The second-order valence-electron chi connectivity index (χ2n) is 8.82. The first kappa shape index (κ1) is 19.8. The molecule has 1 unspecified atom stereocenters. The predicted molar refractivity (Wildman–Crippen MR) is 101 cm³/mol. The SMILES string of the molecule is CNC(=O)C(NC(=O)c1nc([C@@H](O)C2CC2)n2c1CN(C)CC2)C(C)(C)C. The number of amides is 2. The van der Waals surface area contributed by atoms with Crippen LogP contribution in [0.25, 0.3) is 0 Å². The lowest BCUT2D eigenvalue weighted by molar-refractivity contribution is -0.124. The van der Waals surface area contributed by atoms with Crippen LogP contribution in [-0.4, -0.2) is 58.1 Å². The zero-order chi connectivity index (χ0) is 19.9. The number of aromatic nitrogens is 2. The molecule has 0 aromatic carbocycles. The highest BCUT2D eigenvalue weighted by molar-refractivity contribution is 5.97. The van der Waals surface area contributed by atoms with E-state index in [0.717, 1.165) is 25.1 Å². The Morgan fingerprint density at radius 2 is 1.93 bits per heavy atom. The van der Waals surface area contributed by atoms with E-state index in [1.807, 2.05) is 32.4 Å². The smallest absolute Gasteiger partial charge is 0.272 e. The van der Waals surface area contributed by atoms with Crippen molar-refractivity contribution in [2.24, 2.45) is 11.3 Å². The van der Waals surface area contributed by atoms with Crippen LogP contribution in [0.1, 0.15) is 61.7 Å². The number of rotatable bonds is 5. The first-order valence-electron chi connectivity index (χ1n) is 9.61. The van der Waals surface area contributed by atoms with Gasteiger partial charge in [0.15, 0.2) is 5.69 Å². The molecule has 2 amide bonds. The van der Waals surface area contributed by atoms with Gasteiger partial charge in [-0.15, -0.1) is 0 Å². The highest BCUT2D eigenvalue weighted by Gasteiger charge is 2.38. The monoisotopic (exact) mass is 377 g/mol. The van der Waals surface area contributed by atoms with E-state index in [9.17, 15) is 14.7 Å². The molecule has 0 saturated heterocycles. The molecular formula is C19H31N5O3. The van der Waals surface area contributed by atoms with E-state index < -0.39 is 17.6 Å². The van der Waals surface area contributed by atoms with Crippen molar-refractivity contribution in [1.29, 1.82) is 0 Å². The van der Waals surface area contributed by atoms with E-state index in [1.165, 1.54) is 0 Å². The second kappa shape index (κ2) is 7.24. The summed E-state index contributed by atoms with van der Waals surface area (Å²) in [5.41, 5.74) is 0.679. The van der Waals surface area contributed by atoms with Crippen molar-refractivity contribution in [1.82, 2.24) is 25.1 Å². The van der Waals surface area contributed by atoms with Gasteiger partial charge in [-0.25, -0.2) is 4.98 Å². The molecule has 2 aliphatic rings. The largest absolute Gasteiger partial charge is 0.385 e. The Morgan fingerprint density at radius 3 is 2.48 bits per heavy atom. The van der Waals surface area contributed by atoms with E-state index >= 15 is 0 Å². The van der Waals surface area contributed by atoms with Crippen molar-refractivity contribution >= 4 is 11.8 Å². The zero-order valence-corrected chi connectivity index (χ0v) is 16.9. The standard InChI is InChI=1S/C19H31N5O3/c1-19(2,3)15(18(27)20-4)22-17(26)13-12-10-23(5)8-9-24(12)16(21-13)14(25)11-6-7-11/h11,14-15,25H,6-10H2,1-5H3,(H,20,27)(H,22,26)/t14-,15?/m0/s1. The fraction of sp³-hybridized carbons (Fsp3) is 0.737. The third-order valence-electron chi connectivity index (χ3n) is 5.43. The van der Waals surface area contributed by atoms with Gasteiger partial charge in [-0.3, -0.25) is 14.5 Å². The molecule has 3 N–H and O–H groups in total. The van der Waals surface area contributed by atoms with Crippen LogP contribution in [0.15, 0.2) is 0 Å². The minimum Gasteiger partial charge on any atom is -0.385 e. The lowest BCUT2D eigenvalue weighted by atomic mass is 9.86. The van der Waals surface area contributed by atoms with Crippen LogP contribution in [0.5, 0.6) is 0 Å². The van der Waals surface area contributed by atoms with E-state index in [0.29, 0.717) is 24.6 Å². The second-order valence-corrected chi connectivity index (χ2v) is 8.82. The van der Waals surface area contributed by atoms with Gasteiger partial charge < -0.3 is 20.3 Å². The summed E-state index contributed by atoms with van der Waals surface area (Å²) in [7, 11) is 3.56. The van der Waals surface area contributed by atoms with Gasteiger partial charge in [-0.1, -0.05) is 20.8 Å². The van der Waals surface area contributed by atoms with Gasteiger partial charge in [0.25, 0.3) is 5.91 Å². The fourth-order valence-corrected chi connectivity index (χ4v) is 3.57. The summed E-state index contributed by atoms with van der Waals surface area (Å²) in [6.07, 6.45) is 1.35. The third kappa shape index (κ3) is 4.01. The van der Waals surface area contributed by atoms with E-state index in [2.05, 4.69) is 20.5 Å². The Hall–Kier alpha value is -1.93. The van der Waals surface area contributed by atoms with Crippen LogP contribution in [0.3, 0.4) is 0 Å². The summed E-state index contributed by atoms with van der Waals surface area (Å²) in [6.45, 7) is 7.86. The van der Waals surface area contributed by atoms with Crippen molar-refractivity contribution in [3.63, 3.8) is 0 Å².